The number of hydrogen-bond donors (Lipinski definition) is 2. The summed E-state index contributed by atoms with van der Waals surface area (Å²) in [7, 11) is 0. The van der Waals surface area contributed by atoms with Crippen LogP contribution in [0.4, 0.5) is 0 Å². The minimum Gasteiger partial charge on any atom is -0.368 e. The van der Waals surface area contributed by atoms with E-state index in [0.717, 1.165) is 0 Å². The Morgan fingerprint density at radius 2 is 1.86 bits per heavy atom. The molecule has 0 aromatic carbocycles. The van der Waals surface area contributed by atoms with Gasteiger partial charge in [-0.2, -0.15) is 13.5 Å². The summed E-state index contributed by atoms with van der Waals surface area (Å²) < 4.78 is 0. The molecule has 0 aliphatic rings. The maximum absolute atomic E-state index is 9.80. The normalized spacial score (nSPS) is 11.7. The van der Waals surface area contributed by atoms with Gasteiger partial charge in [-0.1, -0.05) is 0 Å². The van der Waals surface area contributed by atoms with Crippen molar-refractivity contribution in [3.8, 4) is 0 Å². The van der Waals surface area contributed by atoms with Crippen LogP contribution in [0.25, 0.3) is 0 Å². The van der Waals surface area contributed by atoms with Crippen LogP contribution in [0.1, 0.15) is 6.92 Å². The summed E-state index contributed by atoms with van der Waals surface area (Å²) in [5.74, 6) is -0.463. The molecule has 4 N–H and O–H groups in total. The molecule has 0 fully saturated rings. The first-order valence-electron chi connectivity index (χ1n) is 1.69. The number of hydrogen-bond acceptors (Lipinski definition) is 2. The summed E-state index contributed by atoms with van der Waals surface area (Å²) in [6.07, 6.45) is 0. The van der Waals surface area contributed by atoms with Gasteiger partial charge >= 0.3 is 0 Å². The van der Waals surface area contributed by atoms with Gasteiger partial charge in [-0.05, 0) is 6.92 Å². The van der Waals surface area contributed by atoms with Crippen molar-refractivity contribution in [2.75, 3.05) is 0 Å². The molecule has 0 spiro atoms. The zero-order valence-electron chi connectivity index (χ0n) is 4.14. The molecule has 0 aromatic heterocycles. The molecule has 3 nitrogen and oxygen atoms in total. The SMILES string of the molecule is CC(N)C(N)=O.S. The van der Waals surface area contributed by atoms with E-state index in [1.165, 1.54) is 0 Å². The third-order valence-electron chi connectivity index (χ3n) is 0.449. The lowest BCUT2D eigenvalue weighted by Crippen LogP contribution is -2.32. The van der Waals surface area contributed by atoms with Gasteiger partial charge in [0.2, 0.25) is 5.91 Å². The lowest BCUT2D eigenvalue weighted by molar-refractivity contribution is -0.118. The van der Waals surface area contributed by atoms with Crippen LogP contribution in [0.5, 0.6) is 0 Å². The van der Waals surface area contributed by atoms with E-state index in [0.29, 0.717) is 0 Å². The Morgan fingerprint density at radius 1 is 1.71 bits per heavy atom. The predicted molar refractivity (Wildman–Crippen MR) is 33.2 cm³/mol. The van der Waals surface area contributed by atoms with Gasteiger partial charge in [-0.15, -0.1) is 0 Å². The zero-order chi connectivity index (χ0) is 5.15. The Hall–Kier alpha value is -0.220. The van der Waals surface area contributed by atoms with Crippen molar-refractivity contribution in [2.24, 2.45) is 11.5 Å². The smallest absolute Gasteiger partial charge is 0.234 e. The highest BCUT2D eigenvalue weighted by Gasteiger charge is 1.96. The van der Waals surface area contributed by atoms with E-state index >= 15 is 0 Å². The number of nitrogens with two attached hydrogens (primary N) is 2. The number of primary amides is 1. The minimum absolute atomic E-state index is 0. The Bertz CT molecular complexity index is 64.0. The third-order valence-corrected chi connectivity index (χ3v) is 0.449. The summed E-state index contributed by atoms with van der Waals surface area (Å²) in [5.41, 5.74) is 9.63. The van der Waals surface area contributed by atoms with Crippen LogP contribution in [0, 0.1) is 0 Å². The Morgan fingerprint density at radius 3 is 1.86 bits per heavy atom. The summed E-state index contributed by atoms with van der Waals surface area (Å²) in [6, 6.07) is -0.509. The van der Waals surface area contributed by atoms with Crippen molar-refractivity contribution in [3.05, 3.63) is 0 Å². The first-order chi connectivity index (χ1) is 2.64. The van der Waals surface area contributed by atoms with Crippen molar-refractivity contribution in [1.82, 2.24) is 0 Å². The van der Waals surface area contributed by atoms with Crippen LogP contribution in [-0.4, -0.2) is 11.9 Å². The lowest BCUT2D eigenvalue weighted by atomic mass is 10.4. The molecule has 0 saturated heterocycles. The molecule has 0 saturated carbocycles. The van der Waals surface area contributed by atoms with Crippen molar-refractivity contribution < 1.29 is 4.79 Å². The summed E-state index contributed by atoms with van der Waals surface area (Å²) in [6.45, 7) is 1.54. The van der Waals surface area contributed by atoms with E-state index in [4.69, 9.17) is 5.73 Å². The van der Waals surface area contributed by atoms with Crippen LogP contribution >= 0.6 is 13.5 Å². The number of carbonyl (C=O) groups excluding carboxylic acids is 1. The van der Waals surface area contributed by atoms with Crippen molar-refractivity contribution in [3.63, 3.8) is 0 Å². The van der Waals surface area contributed by atoms with Gasteiger partial charge in [-0.3, -0.25) is 4.79 Å². The number of amides is 1. The zero-order valence-corrected chi connectivity index (χ0v) is 5.14. The first kappa shape index (κ1) is 9.91. The van der Waals surface area contributed by atoms with E-state index in [2.05, 4.69) is 5.73 Å². The quantitative estimate of drug-likeness (QED) is 0.465. The molecule has 0 aliphatic heterocycles. The fraction of sp³-hybridized carbons (Fsp3) is 0.667. The molecule has 1 amide bonds. The van der Waals surface area contributed by atoms with Gasteiger partial charge in [0, 0.05) is 0 Å². The van der Waals surface area contributed by atoms with Gasteiger partial charge in [0.25, 0.3) is 0 Å². The highest BCUT2D eigenvalue weighted by molar-refractivity contribution is 7.59. The van der Waals surface area contributed by atoms with E-state index in [9.17, 15) is 4.79 Å². The molecule has 0 bridgehead atoms. The summed E-state index contributed by atoms with van der Waals surface area (Å²) >= 11 is 0. The fourth-order valence-corrected chi connectivity index (χ4v) is 0. The molecule has 44 valence electrons. The average molecular weight is 122 g/mol. The first-order valence-corrected chi connectivity index (χ1v) is 1.69. The van der Waals surface area contributed by atoms with E-state index in [-0.39, 0.29) is 13.5 Å². The molecular formula is C3H10N2OS. The van der Waals surface area contributed by atoms with E-state index in [1.54, 1.807) is 6.92 Å². The molecule has 1 unspecified atom stereocenters. The second kappa shape index (κ2) is 3.95. The van der Waals surface area contributed by atoms with Crippen LogP contribution in [0.3, 0.4) is 0 Å². The largest absolute Gasteiger partial charge is 0.368 e. The average Bonchev–Trinajstić information content (AvgIpc) is 1.36. The van der Waals surface area contributed by atoms with Crippen LogP contribution in [-0.2, 0) is 4.79 Å². The fourth-order valence-electron chi connectivity index (χ4n) is 0. The van der Waals surface area contributed by atoms with Gasteiger partial charge in [-0.25, -0.2) is 0 Å². The molecular weight excluding hydrogens is 112 g/mol. The molecule has 0 aliphatic carbocycles. The van der Waals surface area contributed by atoms with Crippen molar-refractivity contribution >= 4 is 19.4 Å². The molecule has 0 aromatic rings. The van der Waals surface area contributed by atoms with Gasteiger partial charge < -0.3 is 11.5 Å². The summed E-state index contributed by atoms with van der Waals surface area (Å²) in [4.78, 5) is 9.80. The topological polar surface area (TPSA) is 69.1 Å². The molecule has 4 heteroatoms. The van der Waals surface area contributed by atoms with Gasteiger partial charge in [0.1, 0.15) is 0 Å². The highest BCUT2D eigenvalue weighted by atomic mass is 32.1. The maximum atomic E-state index is 9.80. The number of carbonyl (C=O) groups is 1. The molecule has 1 atom stereocenters. The highest BCUT2D eigenvalue weighted by Crippen LogP contribution is 1.64. The van der Waals surface area contributed by atoms with Crippen molar-refractivity contribution in [1.29, 1.82) is 0 Å². The third kappa shape index (κ3) is 5.78. The Balaban J connectivity index is 0. The van der Waals surface area contributed by atoms with Crippen LogP contribution in [0.2, 0.25) is 0 Å². The minimum atomic E-state index is -0.509. The molecule has 0 radical (unpaired) electrons. The maximum Gasteiger partial charge on any atom is 0.234 e. The second-order valence-corrected chi connectivity index (χ2v) is 1.19. The standard InChI is InChI=1S/C3H8N2O.H2S/c1-2(4)3(5)6;/h2H,4H2,1H3,(H2,5,6);1H2. The van der Waals surface area contributed by atoms with E-state index < -0.39 is 11.9 Å². The van der Waals surface area contributed by atoms with Crippen LogP contribution in [0.15, 0.2) is 0 Å². The Labute approximate surface area is 49.5 Å². The second-order valence-electron chi connectivity index (χ2n) is 1.19. The lowest BCUT2D eigenvalue weighted by Gasteiger charge is -1.91. The van der Waals surface area contributed by atoms with Gasteiger partial charge in [0.05, 0.1) is 6.04 Å². The predicted octanol–water partition coefficient (Wildman–Crippen LogP) is -1.07. The van der Waals surface area contributed by atoms with Crippen LogP contribution < -0.4 is 11.5 Å². The molecule has 7 heavy (non-hydrogen) atoms. The summed E-state index contributed by atoms with van der Waals surface area (Å²) in [5, 5.41) is 0. The molecule has 0 rings (SSSR count). The number of rotatable bonds is 1. The molecule has 0 heterocycles. The Kier molecular flexibility index (Phi) is 5.60. The van der Waals surface area contributed by atoms with E-state index in [1.807, 2.05) is 0 Å². The monoisotopic (exact) mass is 122 g/mol. The van der Waals surface area contributed by atoms with Gasteiger partial charge in [0.15, 0.2) is 0 Å². The van der Waals surface area contributed by atoms with Crippen molar-refractivity contribution in [2.45, 2.75) is 13.0 Å².